The summed E-state index contributed by atoms with van der Waals surface area (Å²) in [5.74, 6) is 5.39. The number of hydrogen-bond acceptors (Lipinski definition) is 5. The van der Waals surface area contributed by atoms with Gasteiger partial charge in [0.2, 0.25) is 0 Å². The lowest BCUT2D eigenvalue weighted by Crippen LogP contribution is -2.34. The second-order valence-electron chi connectivity index (χ2n) is 4.79. The number of pyridine rings is 1. The number of anilines is 1. The molecule has 0 saturated carbocycles. The first-order chi connectivity index (χ1) is 9.99. The van der Waals surface area contributed by atoms with Gasteiger partial charge in [-0.3, -0.25) is 4.79 Å². The van der Waals surface area contributed by atoms with Gasteiger partial charge in [0, 0.05) is 28.4 Å². The highest BCUT2D eigenvalue weighted by Gasteiger charge is 2.13. The minimum absolute atomic E-state index is 0.0293. The average Bonchev–Trinajstić information content (AvgIpc) is 2.83. The molecule has 1 amide bonds. The van der Waals surface area contributed by atoms with E-state index < -0.39 is 0 Å². The van der Waals surface area contributed by atoms with E-state index in [9.17, 15) is 4.79 Å². The van der Waals surface area contributed by atoms with Gasteiger partial charge in [-0.25, -0.2) is 10.8 Å². The number of amides is 1. The average molecular weight is 325 g/mol. The molecule has 4 N–H and O–H groups in total. The van der Waals surface area contributed by atoms with Gasteiger partial charge in [-0.1, -0.05) is 11.6 Å². The molecule has 0 saturated heterocycles. The van der Waals surface area contributed by atoms with Crippen LogP contribution >= 0.6 is 22.9 Å². The largest absolute Gasteiger partial charge is 0.349 e. The van der Waals surface area contributed by atoms with Crippen molar-refractivity contribution in [2.24, 2.45) is 5.84 Å². The van der Waals surface area contributed by atoms with E-state index in [1.807, 2.05) is 6.92 Å². The maximum absolute atomic E-state index is 12.1. The summed E-state index contributed by atoms with van der Waals surface area (Å²) in [5, 5.41) is 3.25. The van der Waals surface area contributed by atoms with E-state index >= 15 is 0 Å². The maximum Gasteiger partial charge on any atom is 0.253 e. The molecule has 5 nitrogen and oxygen atoms in total. The van der Waals surface area contributed by atoms with Crippen LogP contribution in [-0.2, 0) is 6.42 Å². The third kappa shape index (κ3) is 4.17. The Bertz CT molecular complexity index is 644. The summed E-state index contributed by atoms with van der Waals surface area (Å²) in [7, 11) is 0. The van der Waals surface area contributed by atoms with E-state index in [-0.39, 0.29) is 11.9 Å². The highest BCUT2D eigenvalue weighted by atomic mass is 35.5. The Balaban J connectivity index is 1.98. The molecule has 7 heteroatoms. The number of carbonyl (C=O) groups excluding carboxylic acids is 1. The lowest BCUT2D eigenvalue weighted by molar-refractivity contribution is 0.0940. The predicted octanol–water partition coefficient (Wildman–Crippen LogP) is 2.75. The van der Waals surface area contributed by atoms with Crippen LogP contribution in [0.25, 0.3) is 0 Å². The van der Waals surface area contributed by atoms with Gasteiger partial charge in [-0.05, 0) is 32.0 Å². The molecule has 0 spiro atoms. The van der Waals surface area contributed by atoms with Gasteiger partial charge < -0.3 is 10.7 Å². The predicted molar refractivity (Wildman–Crippen MR) is 86.7 cm³/mol. The van der Waals surface area contributed by atoms with Crippen molar-refractivity contribution in [1.82, 2.24) is 10.3 Å². The summed E-state index contributed by atoms with van der Waals surface area (Å²) in [5.41, 5.74) is 2.77. The van der Waals surface area contributed by atoms with Crippen molar-refractivity contribution < 1.29 is 4.79 Å². The first kappa shape index (κ1) is 15.8. The number of halogens is 1. The Hall–Kier alpha value is -1.63. The summed E-state index contributed by atoms with van der Waals surface area (Å²) >= 11 is 7.70. The summed E-state index contributed by atoms with van der Waals surface area (Å²) in [4.78, 5) is 18.6. The van der Waals surface area contributed by atoms with Gasteiger partial charge >= 0.3 is 0 Å². The summed E-state index contributed by atoms with van der Waals surface area (Å²) in [6.45, 7) is 4.04. The molecule has 0 aliphatic rings. The van der Waals surface area contributed by atoms with Crippen LogP contribution in [0, 0.1) is 6.92 Å². The Morgan fingerprint density at radius 2 is 2.29 bits per heavy atom. The fourth-order valence-electron chi connectivity index (χ4n) is 1.92. The van der Waals surface area contributed by atoms with E-state index in [0.29, 0.717) is 16.4 Å². The molecule has 2 aromatic rings. The zero-order valence-electron chi connectivity index (χ0n) is 11.8. The molecule has 1 atom stereocenters. The molecule has 0 bridgehead atoms. The number of rotatable bonds is 5. The van der Waals surface area contributed by atoms with E-state index in [1.165, 1.54) is 16.0 Å². The minimum Gasteiger partial charge on any atom is -0.349 e. The van der Waals surface area contributed by atoms with Crippen LogP contribution in [0.2, 0.25) is 5.02 Å². The van der Waals surface area contributed by atoms with Crippen LogP contribution in [0.5, 0.6) is 0 Å². The fraction of sp³-hybridized carbons (Fsp3) is 0.286. The standard InChI is InChI=1S/C14H17ClN4OS/c1-8(5-11-4-3-9(2)21-11)18-14(20)10-6-12(15)13(19-16)17-7-10/h3-4,6-8H,5,16H2,1-2H3,(H,17,19)(H,18,20). The van der Waals surface area contributed by atoms with E-state index in [4.69, 9.17) is 17.4 Å². The Labute approximate surface area is 132 Å². The number of nitrogen functional groups attached to an aromatic ring is 1. The molecule has 0 fully saturated rings. The number of nitrogens with zero attached hydrogens (tertiary/aromatic N) is 1. The molecular formula is C14H17ClN4OS. The molecule has 2 heterocycles. The Kier molecular flexibility index (Phi) is 5.17. The van der Waals surface area contributed by atoms with Crippen molar-refractivity contribution in [1.29, 1.82) is 0 Å². The van der Waals surface area contributed by atoms with E-state index in [1.54, 1.807) is 17.4 Å². The summed E-state index contributed by atoms with van der Waals surface area (Å²) < 4.78 is 0. The van der Waals surface area contributed by atoms with Crippen molar-refractivity contribution in [3.05, 3.63) is 44.7 Å². The van der Waals surface area contributed by atoms with Crippen molar-refractivity contribution in [2.45, 2.75) is 26.3 Å². The lowest BCUT2D eigenvalue weighted by atomic mass is 10.2. The van der Waals surface area contributed by atoms with Crippen molar-refractivity contribution >= 4 is 34.7 Å². The second-order valence-corrected chi connectivity index (χ2v) is 6.57. The highest BCUT2D eigenvalue weighted by molar-refractivity contribution is 7.11. The molecule has 112 valence electrons. The smallest absolute Gasteiger partial charge is 0.253 e. The monoisotopic (exact) mass is 324 g/mol. The number of nitrogens with one attached hydrogen (secondary N) is 2. The van der Waals surface area contributed by atoms with Gasteiger partial charge in [-0.15, -0.1) is 11.3 Å². The number of hydrogen-bond donors (Lipinski definition) is 3. The van der Waals surface area contributed by atoms with Gasteiger partial charge in [-0.2, -0.15) is 0 Å². The molecule has 0 aromatic carbocycles. The van der Waals surface area contributed by atoms with E-state index in [2.05, 4.69) is 34.8 Å². The van der Waals surface area contributed by atoms with Crippen molar-refractivity contribution in [2.75, 3.05) is 5.43 Å². The van der Waals surface area contributed by atoms with Gasteiger partial charge in [0.05, 0.1) is 10.6 Å². The topological polar surface area (TPSA) is 80.0 Å². The fourth-order valence-corrected chi connectivity index (χ4v) is 3.16. The molecule has 0 radical (unpaired) electrons. The summed E-state index contributed by atoms with van der Waals surface area (Å²) in [6, 6.07) is 5.74. The second kappa shape index (κ2) is 6.89. The molecule has 2 rings (SSSR count). The molecule has 2 aromatic heterocycles. The number of thiophene rings is 1. The minimum atomic E-state index is -0.200. The van der Waals surface area contributed by atoms with Crippen LogP contribution in [0.15, 0.2) is 24.4 Å². The van der Waals surface area contributed by atoms with E-state index in [0.717, 1.165) is 6.42 Å². The van der Waals surface area contributed by atoms with Gasteiger partial charge in [0.1, 0.15) is 0 Å². The van der Waals surface area contributed by atoms with Gasteiger partial charge in [0.25, 0.3) is 5.91 Å². The van der Waals surface area contributed by atoms with Crippen LogP contribution in [-0.4, -0.2) is 16.9 Å². The molecule has 1 unspecified atom stereocenters. The number of nitrogens with two attached hydrogens (primary N) is 1. The quantitative estimate of drug-likeness (QED) is 0.583. The zero-order valence-corrected chi connectivity index (χ0v) is 13.4. The Morgan fingerprint density at radius 1 is 1.52 bits per heavy atom. The third-order valence-electron chi connectivity index (χ3n) is 2.92. The van der Waals surface area contributed by atoms with Crippen LogP contribution in [0.4, 0.5) is 5.82 Å². The SMILES string of the molecule is Cc1ccc(CC(C)NC(=O)c2cnc(NN)c(Cl)c2)s1. The number of carbonyl (C=O) groups is 1. The molecular weight excluding hydrogens is 308 g/mol. The number of hydrazine groups is 1. The normalized spacial score (nSPS) is 12.0. The lowest BCUT2D eigenvalue weighted by Gasteiger charge is -2.13. The summed E-state index contributed by atoms with van der Waals surface area (Å²) in [6.07, 6.45) is 2.24. The first-order valence-corrected chi connectivity index (χ1v) is 7.67. The number of aromatic nitrogens is 1. The van der Waals surface area contributed by atoms with Crippen LogP contribution in [0.1, 0.15) is 27.0 Å². The third-order valence-corrected chi connectivity index (χ3v) is 4.23. The zero-order chi connectivity index (χ0) is 15.4. The molecule has 0 aliphatic carbocycles. The van der Waals surface area contributed by atoms with Crippen molar-refractivity contribution in [3.63, 3.8) is 0 Å². The maximum atomic E-state index is 12.1. The molecule has 0 aliphatic heterocycles. The van der Waals surface area contributed by atoms with Crippen LogP contribution < -0.4 is 16.6 Å². The van der Waals surface area contributed by atoms with Crippen molar-refractivity contribution in [3.8, 4) is 0 Å². The van der Waals surface area contributed by atoms with Gasteiger partial charge in [0.15, 0.2) is 5.82 Å². The Morgan fingerprint density at radius 3 is 2.86 bits per heavy atom. The van der Waals surface area contributed by atoms with Crippen LogP contribution in [0.3, 0.4) is 0 Å². The first-order valence-electron chi connectivity index (χ1n) is 6.48. The number of aryl methyl sites for hydroxylation is 1. The molecule has 21 heavy (non-hydrogen) atoms. The highest BCUT2D eigenvalue weighted by Crippen LogP contribution is 2.19.